The maximum Gasteiger partial charge on any atom is 0.129 e. The van der Waals surface area contributed by atoms with Gasteiger partial charge in [-0.2, -0.15) is 0 Å². The Morgan fingerprint density at radius 3 is 2.84 bits per heavy atom. The van der Waals surface area contributed by atoms with Gasteiger partial charge in [-0.3, -0.25) is 0 Å². The SMILES string of the molecule is OC(Cc1ccc(F)cc1F)c1cncn1C1CC1. The quantitative estimate of drug-likeness (QED) is 0.922. The van der Waals surface area contributed by atoms with Crippen LogP contribution in [0.5, 0.6) is 0 Å². The average Bonchev–Trinajstić information content (AvgIpc) is 3.10. The molecule has 1 heterocycles. The number of aliphatic hydroxyl groups is 1. The zero-order chi connectivity index (χ0) is 13.4. The molecule has 1 aromatic heterocycles. The van der Waals surface area contributed by atoms with E-state index in [1.165, 1.54) is 12.1 Å². The van der Waals surface area contributed by atoms with Crippen LogP contribution in [-0.4, -0.2) is 14.7 Å². The van der Waals surface area contributed by atoms with Crippen molar-refractivity contribution in [3.63, 3.8) is 0 Å². The van der Waals surface area contributed by atoms with Gasteiger partial charge in [0.25, 0.3) is 0 Å². The lowest BCUT2D eigenvalue weighted by atomic mass is 10.1. The van der Waals surface area contributed by atoms with Gasteiger partial charge in [0, 0.05) is 18.5 Å². The summed E-state index contributed by atoms with van der Waals surface area (Å²) < 4.78 is 28.3. The van der Waals surface area contributed by atoms with Crippen molar-refractivity contribution in [1.82, 2.24) is 9.55 Å². The summed E-state index contributed by atoms with van der Waals surface area (Å²) in [6, 6.07) is 3.81. The van der Waals surface area contributed by atoms with Gasteiger partial charge >= 0.3 is 0 Å². The largest absolute Gasteiger partial charge is 0.386 e. The van der Waals surface area contributed by atoms with E-state index in [4.69, 9.17) is 0 Å². The summed E-state index contributed by atoms with van der Waals surface area (Å²) >= 11 is 0. The third-order valence-corrected chi connectivity index (χ3v) is 3.41. The molecule has 0 bridgehead atoms. The molecule has 1 N–H and O–H groups in total. The molecule has 1 aliphatic carbocycles. The zero-order valence-electron chi connectivity index (χ0n) is 10.3. The molecule has 0 aliphatic heterocycles. The van der Waals surface area contributed by atoms with E-state index in [-0.39, 0.29) is 6.42 Å². The second-order valence-electron chi connectivity index (χ2n) is 4.91. The number of imidazole rings is 1. The van der Waals surface area contributed by atoms with E-state index in [1.54, 1.807) is 12.5 Å². The Hall–Kier alpha value is -1.75. The van der Waals surface area contributed by atoms with Gasteiger partial charge in [0.2, 0.25) is 0 Å². The summed E-state index contributed by atoms with van der Waals surface area (Å²) in [4.78, 5) is 4.03. The van der Waals surface area contributed by atoms with Gasteiger partial charge in [-0.1, -0.05) is 6.07 Å². The molecule has 0 saturated heterocycles. The van der Waals surface area contributed by atoms with Crippen molar-refractivity contribution in [3.05, 3.63) is 53.6 Å². The molecule has 3 nitrogen and oxygen atoms in total. The highest BCUT2D eigenvalue weighted by molar-refractivity contribution is 5.21. The van der Waals surface area contributed by atoms with E-state index in [0.717, 1.165) is 18.9 Å². The Labute approximate surface area is 109 Å². The Balaban J connectivity index is 1.80. The lowest BCUT2D eigenvalue weighted by Gasteiger charge is -2.14. The van der Waals surface area contributed by atoms with Crippen molar-refractivity contribution in [1.29, 1.82) is 0 Å². The summed E-state index contributed by atoms with van der Waals surface area (Å²) in [5, 5.41) is 10.2. The van der Waals surface area contributed by atoms with Crippen LogP contribution in [0.25, 0.3) is 0 Å². The number of aliphatic hydroxyl groups excluding tert-OH is 1. The smallest absolute Gasteiger partial charge is 0.129 e. The van der Waals surface area contributed by atoms with Crippen molar-refractivity contribution in [2.45, 2.75) is 31.4 Å². The van der Waals surface area contributed by atoms with Gasteiger partial charge in [-0.15, -0.1) is 0 Å². The predicted octanol–water partition coefficient (Wildman–Crippen LogP) is 2.77. The third-order valence-electron chi connectivity index (χ3n) is 3.41. The summed E-state index contributed by atoms with van der Waals surface area (Å²) in [5.41, 5.74) is 0.990. The first-order chi connectivity index (χ1) is 9.15. The molecule has 1 aliphatic rings. The summed E-state index contributed by atoms with van der Waals surface area (Å²) in [6.07, 6.45) is 4.75. The molecule has 1 aromatic carbocycles. The van der Waals surface area contributed by atoms with E-state index >= 15 is 0 Å². The predicted molar refractivity (Wildman–Crippen MR) is 65.5 cm³/mol. The molecule has 5 heteroatoms. The van der Waals surface area contributed by atoms with Gasteiger partial charge in [-0.05, 0) is 24.5 Å². The van der Waals surface area contributed by atoms with Gasteiger partial charge in [0.1, 0.15) is 11.6 Å². The van der Waals surface area contributed by atoms with Crippen LogP contribution in [0.2, 0.25) is 0 Å². The highest BCUT2D eigenvalue weighted by Crippen LogP contribution is 2.37. The van der Waals surface area contributed by atoms with Crippen LogP contribution in [-0.2, 0) is 6.42 Å². The Kier molecular flexibility index (Phi) is 3.06. The van der Waals surface area contributed by atoms with Gasteiger partial charge < -0.3 is 9.67 Å². The molecular formula is C14H14F2N2O. The molecule has 2 aromatic rings. The molecular weight excluding hydrogens is 250 g/mol. The second kappa shape index (κ2) is 4.74. The van der Waals surface area contributed by atoms with Crippen molar-refractivity contribution in [3.8, 4) is 0 Å². The maximum absolute atomic E-state index is 13.6. The molecule has 100 valence electrons. The Bertz CT molecular complexity index is 593. The molecule has 3 rings (SSSR count). The van der Waals surface area contributed by atoms with E-state index < -0.39 is 17.7 Å². The Morgan fingerprint density at radius 1 is 1.37 bits per heavy atom. The lowest BCUT2D eigenvalue weighted by molar-refractivity contribution is 0.167. The number of halogens is 2. The summed E-state index contributed by atoms with van der Waals surface area (Å²) in [7, 11) is 0. The molecule has 19 heavy (non-hydrogen) atoms. The molecule has 1 saturated carbocycles. The molecule has 1 fully saturated rings. The van der Waals surface area contributed by atoms with E-state index in [2.05, 4.69) is 4.98 Å². The number of aromatic nitrogens is 2. The third kappa shape index (κ3) is 2.51. The number of hydrogen-bond acceptors (Lipinski definition) is 2. The van der Waals surface area contributed by atoms with Crippen LogP contribution in [0.3, 0.4) is 0 Å². The second-order valence-corrected chi connectivity index (χ2v) is 4.91. The molecule has 0 spiro atoms. The highest BCUT2D eigenvalue weighted by Gasteiger charge is 2.27. The minimum absolute atomic E-state index is 0.116. The molecule has 1 unspecified atom stereocenters. The van der Waals surface area contributed by atoms with Gasteiger partial charge in [-0.25, -0.2) is 13.8 Å². The number of benzene rings is 1. The van der Waals surface area contributed by atoms with Crippen LogP contribution in [0.15, 0.2) is 30.7 Å². The van der Waals surface area contributed by atoms with E-state index in [9.17, 15) is 13.9 Å². The van der Waals surface area contributed by atoms with Crippen LogP contribution in [0, 0.1) is 11.6 Å². The van der Waals surface area contributed by atoms with Crippen LogP contribution >= 0.6 is 0 Å². The minimum Gasteiger partial charge on any atom is -0.386 e. The number of nitrogens with zero attached hydrogens (tertiary/aromatic N) is 2. The standard InChI is InChI=1S/C14H14F2N2O/c15-10-2-1-9(12(16)6-10)5-14(19)13-7-17-8-18(13)11-3-4-11/h1-2,6-8,11,14,19H,3-5H2. The van der Waals surface area contributed by atoms with Gasteiger partial charge in [0.15, 0.2) is 0 Å². The first-order valence-corrected chi connectivity index (χ1v) is 6.29. The fraction of sp³-hybridized carbons (Fsp3) is 0.357. The fourth-order valence-corrected chi connectivity index (χ4v) is 2.23. The van der Waals surface area contributed by atoms with Crippen molar-refractivity contribution < 1.29 is 13.9 Å². The van der Waals surface area contributed by atoms with Crippen LogP contribution in [0.4, 0.5) is 8.78 Å². The monoisotopic (exact) mass is 264 g/mol. The summed E-state index contributed by atoms with van der Waals surface area (Å²) in [6.45, 7) is 0. The van der Waals surface area contributed by atoms with Crippen molar-refractivity contribution in [2.75, 3.05) is 0 Å². The van der Waals surface area contributed by atoms with E-state index in [1.807, 2.05) is 4.57 Å². The topological polar surface area (TPSA) is 38.1 Å². The van der Waals surface area contributed by atoms with Gasteiger partial charge in [0.05, 0.1) is 24.3 Å². The van der Waals surface area contributed by atoms with Crippen molar-refractivity contribution >= 4 is 0 Å². The van der Waals surface area contributed by atoms with Crippen molar-refractivity contribution in [2.24, 2.45) is 0 Å². The normalized spacial score (nSPS) is 16.6. The number of rotatable bonds is 4. The molecule has 1 atom stereocenters. The van der Waals surface area contributed by atoms with Crippen LogP contribution in [0.1, 0.15) is 36.2 Å². The summed E-state index contributed by atoms with van der Waals surface area (Å²) in [5.74, 6) is -1.24. The number of hydrogen-bond donors (Lipinski definition) is 1. The average molecular weight is 264 g/mol. The zero-order valence-corrected chi connectivity index (χ0v) is 10.3. The highest BCUT2D eigenvalue weighted by atomic mass is 19.1. The first kappa shape index (κ1) is 12.3. The fourth-order valence-electron chi connectivity index (χ4n) is 2.23. The first-order valence-electron chi connectivity index (χ1n) is 6.29. The van der Waals surface area contributed by atoms with E-state index in [0.29, 0.717) is 17.3 Å². The minimum atomic E-state index is -0.830. The molecule has 0 radical (unpaired) electrons. The maximum atomic E-state index is 13.6. The van der Waals surface area contributed by atoms with Crippen LogP contribution < -0.4 is 0 Å². The molecule has 0 amide bonds. The lowest BCUT2D eigenvalue weighted by Crippen LogP contribution is -2.09. The Morgan fingerprint density at radius 2 is 2.16 bits per heavy atom.